The molecule has 1 aromatic heterocycles. The highest BCUT2D eigenvalue weighted by Crippen LogP contribution is 2.21. The lowest BCUT2D eigenvalue weighted by Crippen LogP contribution is -1.93. The normalized spacial score (nSPS) is 10.1. The summed E-state index contributed by atoms with van der Waals surface area (Å²) in [6.07, 6.45) is 4.28. The van der Waals surface area contributed by atoms with E-state index in [9.17, 15) is 4.79 Å². The van der Waals surface area contributed by atoms with Gasteiger partial charge in [-0.3, -0.25) is 4.79 Å². The Kier molecular flexibility index (Phi) is 3.31. The van der Waals surface area contributed by atoms with E-state index in [1.807, 2.05) is 30.5 Å². The molecule has 0 unspecified atom stereocenters. The SMILES string of the molecule is CSc1ccc(-c2ccnc(C=O)n2)cc1. The molecule has 2 rings (SSSR count). The zero-order valence-corrected chi connectivity index (χ0v) is 9.57. The third-order valence-corrected chi connectivity index (χ3v) is 2.91. The van der Waals surface area contributed by atoms with Crippen LogP contribution >= 0.6 is 11.8 Å². The molecule has 1 aromatic carbocycles. The summed E-state index contributed by atoms with van der Waals surface area (Å²) in [5.41, 5.74) is 1.76. The van der Waals surface area contributed by atoms with Gasteiger partial charge in [0.05, 0.1) is 5.69 Å². The molecule has 0 spiro atoms. The van der Waals surface area contributed by atoms with Gasteiger partial charge in [-0.05, 0) is 24.5 Å². The van der Waals surface area contributed by atoms with Gasteiger partial charge < -0.3 is 0 Å². The number of rotatable bonds is 3. The van der Waals surface area contributed by atoms with Crippen LogP contribution in [0.1, 0.15) is 10.6 Å². The number of carbonyl (C=O) groups is 1. The molecule has 0 radical (unpaired) electrons. The van der Waals surface area contributed by atoms with Crippen LogP contribution in [0.3, 0.4) is 0 Å². The van der Waals surface area contributed by atoms with Gasteiger partial charge in [0.15, 0.2) is 12.1 Å². The van der Waals surface area contributed by atoms with Crippen molar-refractivity contribution in [1.29, 1.82) is 0 Å². The van der Waals surface area contributed by atoms with E-state index in [2.05, 4.69) is 9.97 Å². The fraction of sp³-hybridized carbons (Fsp3) is 0.0833. The molecule has 0 atom stereocenters. The van der Waals surface area contributed by atoms with E-state index in [1.165, 1.54) is 4.90 Å². The molecule has 0 saturated heterocycles. The number of thioether (sulfide) groups is 1. The molecule has 0 N–H and O–H groups in total. The second-order valence-electron chi connectivity index (χ2n) is 3.15. The Morgan fingerprint density at radius 1 is 1.19 bits per heavy atom. The summed E-state index contributed by atoms with van der Waals surface area (Å²) in [6, 6.07) is 9.83. The Morgan fingerprint density at radius 2 is 1.94 bits per heavy atom. The molecule has 0 amide bonds. The van der Waals surface area contributed by atoms with Gasteiger partial charge in [-0.25, -0.2) is 9.97 Å². The zero-order chi connectivity index (χ0) is 11.4. The van der Waals surface area contributed by atoms with Crippen molar-refractivity contribution in [2.24, 2.45) is 0 Å². The van der Waals surface area contributed by atoms with E-state index in [1.54, 1.807) is 24.0 Å². The average molecular weight is 230 g/mol. The van der Waals surface area contributed by atoms with Crippen LogP contribution in [0.4, 0.5) is 0 Å². The van der Waals surface area contributed by atoms with E-state index in [0.29, 0.717) is 6.29 Å². The standard InChI is InChI=1S/C12H10N2OS/c1-16-10-4-2-9(3-5-10)11-6-7-13-12(8-15)14-11/h2-8H,1H3. The predicted molar refractivity (Wildman–Crippen MR) is 64.6 cm³/mol. The maximum atomic E-state index is 10.6. The van der Waals surface area contributed by atoms with Gasteiger partial charge in [-0.1, -0.05) is 12.1 Å². The minimum atomic E-state index is 0.214. The number of carbonyl (C=O) groups excluding carboxylic acids is 1. The van der Waals surface area contributed by atoms with E-state index < -0.39 is 0 Å². The first-order valence-electron chi connectivity index (χ1n) is 4.76. The van der Waals surface area contributed by atoms with E-state index in [-0.39, 0.29) is 5.82 Å². The van der Waals surface area contributed by atoms with E-state index in [4.69, 9.17) is 0 Å². The van der Waals surface area contributed by atoms with Gasteiger partial charge in [-0.15, -0.1) is 11.8 Å². The smallest absolute Gasteiger partial charge is 0.193 e. The summed E-state index contributed by atoms with van der Waals surface area (Å²) >= 11 is 1.69. The summed E-state index contributed by atoms with van der Waals surface area (Å²) in [5, 5.41) is 0. The first-order valence-corrected chi connectivity index (χ1v) is 5.98. The molecule has 4 heteroatoms. The molecule has 0 saturated carbocycles. The molecule has 0 aliphatic carbocycles. The van der Waals surface area contributed by atoms with Crippen molar-refractivity contribution in [3.63, 3.8) is 0 Å². The van der Waals surface area contributed by atoms with Crippen LogP contribution in [0.25, 0.3) is 11.3 Å². The van der Waals surface area contributed by atoms with Crippen LogP contribution in [0, 0.1) is 0 Å². The third kappa shape index (κ3) is 2.28. The second kappa shape index (κ2) is 4.90. The summed E-state index contributed by atoms with van der Waals surface area (Å²) in [7, 11) is 0. The Labute approximate surface area is 97.9 Å². The molecular formula is C12H10N2OS. The van der Waals surface area contributed by atoms with Crippen molar-refractivity contribution in [2.75, 3.05) is 6.26 Å². The van der Waals surface area contributed by atoms with Gasteiger partial charge in [0.1, 0.15) is 0 Å². The molecule has 1 heterocycles. The van der Waals surface area contributed by atoms with Crippen molar-refractivity contribution < 1.29 is 4.79 Å². The summed E-state index contributed by atoms with van der Waals surface area (Å²) in [4.78, 5) is 19.7. The number of hydrogen-bond donors (Lipinski definition) is 0. The molecule has 3 nitrogen and oxygen atoms in total. The Bertz CT molecular complexity index is 497. The summed E-state index contributed by atoms with van der Waals surface area (Å²) < 4.78 is 0. The fourth-order valence-corrected chi connectivity index (χ4v) is 1.76. The Morgan fingerprint density at radius 3 is 2.56 bits per heavy atom. The second-order valence-corrected chi connectivity index (χ2v) is 4.03. The van der Waals surface area contributed by atoms with Crippen molar-refractivity contribution in [1.82, 2.24) is 9.97 Å². The maximum Gasteiger partial charge on any atom is 0.193 e. The molecule has 2 aromatic rings. The number of hydrogen-bond acceptors (Lipinski definition) is 4. The minimum absolute atomic E-state index is 0.214. The number of aldehydes is 1. The molecule has 0 aliphatic rings. The Hall–Kier alpha value is -1.68. The van der Waals surface area contributed by atoms with E-state index in [0.717, 1.165) is 11.3 Å². The lowest BCUT2D eigenvalue weighted by atomic mass is 10.1. The predicted octanol–water partition coefficient (Wildman–Crippen LogP) is 2.68. The van der Waals surface area contributed by atoms with Crippen molar-refractivity contribution in [2.45, 2.75) is 4.90 Å². The quantitative estimate of drug-likeness (QED) is 0.600. The van der Waals surface area contributed by atoms with Crippen LogP contribution in [0.15, 0.2) is 41.4 Å². The van der Waals surface area contributed by atoms with Crippen molar-refractivity contribution in [3.05, 3.63) is 42.4 Å². The summed E-state index contributed by atoms with van der Waals surface area (Å²) in [5.74, 6) is 0.214. The van der Waals surface area contributed by atoms with E-state index >= 15 is 0 Å². The molecule has 16 heavy (non-hydrogen) atoms. The first-order chi connectivity index (χ1) is 7.83. The summed E-state index contributed by atoms with van der Waals surface area (Å²) in [6.45, 7) is 0. The van der Waals surface area contributed by atoms with Crippen molar-refractivity contribution in [3.8, 4) is 11.3 Å². The number of nitrogens with zero attached hydrogens (tertiary/aromatic N) is 2. The van der Waals surface area contributed by atoms with Crippen LogP contribution in [0.5, 0.6) is 0 Å². The first kappa shape index (κ1) is 10.8. The van der Waals surface area contributed by atoms with Crippen LogP contribution < -0.4 is 0 Å². The molecule has 0 fully saturated rings. The molecular weight excluding hydrogens is 220 g/mol. The highest BCUT2D eigenvalue weighted by molar-refractivity contribution is 7.98. The van der Waals surface area contributed by atoms with Crippen LogP contribution in [-0.4, -0.2) is 22.5 Å². The topological polar surface area (TPSA) is 42.9 Å². The zero-order valence-electron chi connectivity index (χ0n) is 8.75. The Balaban J connectivity index is 2.38. The molecule has 0 aliphatic heterocycles. The largest absolute Gasteiger partial charge is 0.294 e. The highest BCUT2D eigenvalue weighted by Gasteiger charge is 2.01. The maximum absolute atomic E-state index is 10.6. The highest BCUT2D eigenvalue weighted by atomic mass is 32.2. The lowest BCUT2D eigenvalue weighted by molar-refractivity contribution is 0.111. The number of benzene rings is 1. The minimum Gasteiger partial charge on any atom is -0.294 e. The lowest BCUT2D eigenvalue weighted by Gasteiger charge is -2.02. The molecule has 80 valence electrons. The fourth-order valence-electron chi connectivity index (χ4n) is 1.35. The van der Waals surface area contributed by atoms with Crippen molar-refractivity contribution >= 4 is 18.0 Å². The van der Waals surface area contributed by atoms with Gasteiger partial charge >= 0.3 is 0 Å². The van der Waals surface area contributed by atoms with Gasteiger partial charge in [-0.2, -0.15) is 0 Å². The average Bonchev–Trinajstić information content (AvgIpc) is 2.39. The van der Waals surface area contributed by atoms with Gasteiger partial charge in [0.25, 0.3) is 0 Å². The van der Waals surface area contributed by atoms with Crippen LogP contribution in [0.2, 0.25) is 0 Å². The van der Waals surface area contributed by atoms with Gasteiger partial charge in [0, 0.05) is 16.7 Å². The molecule has 0 bridgehead atoms. The monoisotopic (exact) mass is 230 g/mol. The van der Waals surface area contributed by atoms with Gasteiger partial charge in [0.2, 0.25) is 0 Å². The number of aromatic nitrogens is 2. The third-order valence-electron chi connectivity index (χ3n) is 2.17. The van der Waals surface area contributed by atoms with Crippen LogP contribution in [-0.2, 0) is 0 Å².